The molecule has 0 bridgehead atoms. The smallest absolute Gasteiger partial charge is 0.241 e. The van der Waals surface area contributed by atoms with Crippen LogP contribution in [0.1, 0.15) is 13.8 Å². The lowest BCUT2D eigenvalue weighted by Crippen LogP contribution is -2.49. The van der Waals surface area contributed by atoms with Crippen molar-refractivity contribution in [2.75, 3.05) is 12.4 Å². The highest BCUT2D eigenvalue weighted by atomic mass is 35.5. The average molecular weight is 191 g/mol. The molecule has 0 aromatic heterocycles. The second kappa shape index (κ2) is 2.94. The van der Waals surface area contributed by atoms with Gasteiger partial charge in [0.25, 0.3) is 0 Å². The third-order valence-corrected chi connectivity index (χ3v) is 2.07. The van der Waals surface area contributed by atoms with Gasteiger partial charge in [0.1, 0.15) is 18.1 Å². The van der Waals surface area contributed by atoms with Crippen LogP contribution in [0.5, 0.6) is 0 Å². The largest absolute Gasteiger partial charge is 0.332 e. The second-order valence-corrected chi connectivity index (χ2v) is 3.49. The first-order chi connectivity index (χ1) is 5.47. The maximum atomic E-state index is 11.2. The van der Waals surface area contributed by atoms with E-state index in [0.717, 1.165) is 0 Å². The van der Waals surface area contributed by atoms with Crippen molar-refractivity contribution in [2.45, 2.75) is 19.5 Å². The van der Waals surface area contributed by atoms with Crippen LogP contribution < -0.4 is 5.32 Å². The molecule has 0 aliphatic carbocycles. The summed E-state index contributed by atoms with van der Waals surface area (Å²) in [7, 11) is 0. The Morgan fingerprint density at radius 2 is 2.33 bits per heavy atom. The maximum absolute atomic E-state index is 11.2. The van der Waals surface area contributed by atoms with Crippen molar-refractivity contribution in [3.8, 4) is 0 Å². The first-order valence-corrected chi connectivity index (χ1v) is 4.18. The normalized spacial score (nSPS) is 20.9. The molecule has 0 unspecified atom stereocenters. The first kappa shape index (κ1) is 9.32. The van der Waals surface area contributed by atoms with Crippen LogP contribution in [0.3, 0.4) is 0 Å². The number of alkyl halides is 1. The fourth-order valence-electron chi connectivity index (χ4n) is 1.26. The molecule has 1 heterocycles. The summed E-state index contributed by atoms with van der Waals surface area (Å²) < 4.78 is 0. The van der Waals surface area contributed by atoms with Gasteiger partial charge in [0, 0.05) is 0 Å². The van der Waals surface area contributed by atoms with Crippen LogP contribution in [0.25, 0.3) is 0 Å². The standard InChI is InChI=1S/C7H11ClN2O2/c1-7(2)9-5(11)4-10(7)6(12)3-8/h3-4H2,1-2H3,(H,9,11). The van der Waals surface area contributed by atoms with E-state index in [1.807, 2.05) is 0 Å². The zero-order valence-corrected chi connectivity index (χ0v) is 7.81. The Balaban J connectivity index is 2.78. The van der Waals surface area contributed by atoms with Crippen LogP contribution in [0.15, 0.2) is 0 Å². The number of hydrogen-bond acceptors (Lipinski definition) is 2. The van der Waals surface area contributed by atoms with Gasteiger partial charge in [-0.05, 0) is 13.8 Å². The van der Waals surface area contributed by atoms with E-state index in [0.29, 0.717) is 0 Å². The SMILES string of the molecule is CC1(C)NC(=O)CN1C(=O)CCl. The predicted molar refractivity (Wildman–Crippen MR) is 44.7 cm³/mol. The Morgan fingerprint density at radius 1 is 1.75 bits per heavy atom. The van der Waals surface area contributed by atoms with E-state index in [1.54, 1.807) is 13.8 Å². The minimum absolute atomic E-state index is 0.0849. The van der Waals surface area contributed by atoms with E-state index in [9.17, 15) is 9.59 Å². The summed E-state index contributed by atoms with van der Waals surface area (Å²) in [6.45, 7) is 3.64. The lowest BCUT2D eigenvalue weighted by atomic mass is 10.2. The molecule has 0 saturated carbocycles. The van der Waals surface area contributed by atoms with Crippen LogP contribution >= 0.6 is 11.6 Å². The van der Waals surface area contributed by atoms with E-state index in [-0.39, 0.29) is 24.2 Å². The molecular formula is C7H11ClN2O2. The molecule has 5 heteroatoms. The van der Waals surface area contributed by atoms with Crippen LogP contribution in [-0.4, -0.2) is 34.8 Å². The van der Waals surface area contributed by atoms with Crippen molar-refractivity contribution >= 4 is 23.4 Å². The van der Waals surface area contributed by atoms with E-state index >= 15 is 0 Å². The molecule has 68 valence electrons. The number of nitrogens with zero attached hydrogens (tertiary/aromatic N) is 1. The number of carbonyl (C=O) groups excluding carboxylic acids is 2. The van der Waals surface area contributed by atoms with Crippen LogP contribution in [0.2, 0.25) is 0 Å². The maximum Gasteiger partial charge on any atom is 0.241 e. The van der Waals surface area contributed by atoms with Crippen molar-refractivity contribution in [3.05, 3.63) is 0 Å². The summed E-state index contributed by atoms with van der Waals surface area (Å²) in [6, 6.07) is 0. The number of hydrogen-bond donors (Lipinski definition) is 1. The first-order valence-electron chi connectivity index (χ1n) is 3.65. The Hall–Kier alpha value is -0.770. The molecule has 0 aromatic rings. The number of rotatable bonds is 1. The van der Waals surface area contributed by atoms with Gasteiger partial charge in [-0.1, -0.05) is 0 Å². The second-order valence-electron chi connectivity index (χ2n) is 3.22. The summed E-state index contributed by atoms with van der Waals surface area (Å²) in [5, 5.41) is 2.67. The summed E-state index contributed by atoms with van der Waals surface area (Å²) >= 11 is 5.38. The van der Waals surface area contributed by atoms with Gasteiger partial charge in [-0.15, -0.1) is 11.6 Å². The summed E-state index contributed by atoms with van der Waals surface area (Å²) in [5.41, 5.74) is -0.594. The monoisotopic (exact) mass is 190 g/mol. The molecule has 1 saturated heterocycles. The quantitative estimate of drug-likeness (QED) is 0.588. The Bertz CT molecular complexity index is 227. The molecule has 0 spiro atoms. The third kappa shape index (κ3) is 1.53. The van der Waals surface area contributed by atoms with Crippen molar-refractivity contribution in [2.24, 2.45) is 0 Å². The Morgan fingerprint density at radius 3 is 2.67 bits per heavy atom. The van der Waals surface area contributed by atoms with Crippen LogP contribution in [0, 0.1) is 0 Å². The minimum Gasteiger partial charge on any atom is -0.332 e. The van der Waals surface area contributed by atoms with Gasteiger partial charge >= 0.3 is 0 Å². The predicted octanol–water partition coefficient (Wildman–Crippen LogP) is -0.0803. The van der Waals surface area contributed by atoms with Gasteiger partial charge in [-0.3, -0.25) is 9.59 Å². The summed E-state index contributed by atoms with van der Waals surface area (Å²) in [5.74, 6) is -0.447. The van der Waals surface area contributed by atoms with E-state index in [4.69, 9.17) is 11.6 Å². The molecule has 0 radical (unpaired) electrons. The zero-order chi connectivity index (χ0) is 9.35. The number of halogens is 1. The Labute approximate surface area is 75.9 Å². The third-order valence-electron chi connectivity index (χ3n) is 1.84. The average Bonchev–Trinajstić information content (AvgIpc) is 2.23. The molecule has 0 atom stereocenters. The Kier molecular flexibility index (Phi) is 2.28. The number of amides is 2. The fraction of sp³-hybridized carbons (Fsp3) is 0.714. The van der Waals surface area contributed by atoms with Crippen LogP contribution in [0.4, 0.5) is 0 Å². The molecule has 1 aliphatic rings. The fourth-order valence-corrected chi connectivity index (χ4v) is 1.41. The molecule has 4 nitrogen and oxygen atoms in total. The van der Waals surface area contributed by atoms with Crippen molar-refractivity contribution in [3.63, 3.8) is 0 Å². The lowest BCUT2D eigenvalue weighted by molar-refractivity contribution is -0.132. The van der Waals surface area contributed by atoms with Gasteiger partial charge in [0.05, 0.1) is 0 Å². The van der Waals surface area contributed by atoms with Gasteiger partial charge in [-0.25, -0.2) is 0 Å². The van der Waals surface area contributed by atoms with E-state index in [1.165, 1.54) is 4.90 Å². The molecule has 1 fully saturated rings. The van der Waals surface area contributed by atoms with Gasteiger partial charge < -0.3 is 10.2 Å². The highest BCUT2D eigenvalue weighted by Crippen LogP contribution is 2.16. The molecular weight excluding hydrogens is 180 g/mol. The lowest BCUT2D eigenvalue weighted by Gasteiger charge is -2.29. The molecule has 1 aliphatic heterocycles. The minimum atomic E-state index is -0.594. The van der Waals surface area contributed by atoms with Crippen molar-refractivity contribution in [1.29, 1.82) is 0 Å². The van der Waals surface area contributed by atoms with Gasteiger partial charge in [-0.2, -0.15) is 0 Å². The molecule has 1 N–H and O–H groups in total. The molecule has 1 rings (SSSR count). The molecule has 12 heavy (non-hydrogen) atoms. The van der Waals surface area contributed by atoms with Crippen molar-refractivity contribution in [1.82, 2.24) is 10.2 Å². The zero-order valence-electron chi connectivity index (χ0n) is 7.06. The molecule has 2 amide bonds. The van der Waals surface area contributed by atoms with E-state index in [2.05, 4.69) is 5.32 Å². The highest BCUT2D eigenvalue weighted by Gasteiger charge is 2.38. The van der Waals surface area contributed by atoms with Crippen molar-refractivity contribution < 1.29 is 9.59 Å². The van der Waals surface area contributed by atoms with E-state index < -0.39 is 5.66 Å². The topological polar surface area (TPSA) is 49.4 Å². The molecule has 0 aromatic carbocycles. The van der Waals surface area contributed by atoms with Gasteiger partial charge in [0.15, 0.2) is 0 Å². The number of nitrogens with one attached hydrogen (secondary N) is 1. The number of carbonyl (C=O) groups is 2. The summed E-state index contributed by atoms with van der Waals surface area (Å²) in [4.78, 5) is 23.6. The van der Waals surface area contributed by atoms with Crippen LogP contribution in [-0.2, 0) is 9.59 Å². The summed E-state index contributed by atoms with van der Waals surface area (Å²) in [6.07, 6.45) is 0. The highest BCUT2D eigenvalue weighted by molar-refractivity contribution is 6.27. The van der Waals surface area contributed by atoms with Gasteiger partial charge in [0.2, 0.25) is 11.8 Å².